The maximum absolute atomic E-state index is 5.88. The minimum Gasteiger partial charge on any atom is -0.399 e. The highest BCUT2D eigenvalue weighted by Gasteiger charge is 2.21. The fraction of sp³-hybridized carbons (Fsp3) is 0.529. The number of nitrogens with two attached hydrogens (primary N) is 1. The number of nitrogen functional groups attached to an aromatic ring is 1. The molecule has 0 radical (unpaired) electrons. The number of piperidine rings is 1. The van der Waals surface area contributed by atoms with Crippen molar-refractivity contribution in [1.82, 2.24) is 19.7 Å². The van der Waals surface area contributed by atoms with Crippen LogP contribution in [0.2, 0.25) is 0 Å². The molecule has 1 fully saturated rings. The van der Waals surface area contributed by atoms with Crippen LogP contribution in [0, 0.1) is 19.8 Å². The van der Waals surface area contributed by atoms with Crippen LogP contribution >= 0.6 is 0 Å². The third-order valence-electron chi connectivity index (χ3n) is 4.35. The summed E-state index contributed by atoms with van der Waals surface area (Å²) < 4.78 is 2.06. The number of hydrogen-bond donors (Lipinski definition) is 1. The van der Waals surface area contributed by atoms with Crippen LogP contribution in [-0.2, 0) is 13.1 Å². The van der Waals surface area contributed by atoms with Crippen LogP contribution in [0.5, 0.6) is 0 Å². The molecule has 1 aromatic heterocycles. The van der Waals surface area contributed by atoms with E-state index in [0.29, 0.717) is 5.92 Å². The van der Waals surface area contributed by atoms with Crippen molar-refractivity contribution in [3.8, 4) is 0 Å². The van der Waals surface area contributed by atoms with Crippen LogP contribution < -0.4 is 5.73 Å². The van der Waals surface area contributed by atoms with E-state index in [1.54, 1.807) is 0 Å². The molecule has 2 heterocycles. The highest BCUT2D eigenvalue weighted by atomic mass is 15.3. The molecule has 5 heteroatoms. The van der Waals surface area contributed by atoms with Gasteiger partial charge in [0.05, 0.1) is 0 Å². The Morgan fingerprint density at radius 2 is 2.18 bits per heavy atom. The van der Waals surface area contributed by atoms with Crippen molar-refractivity contribution in [3.05, 3.63) is 41.5 Å². The third kappa shape index (κ3) is 3.65. The van der Waals surface area contributed by atoms with E-state index >= 15 is 0 Å². The van der Waals surface area contributed by atoms with Crippen molar-refractivity contribution in [2.75, 3.05) is 18.8 Å². The van der Waals surface area contributed by atoms with Crippen LogP contribution in [0.1, 0.15) is 30.1 Å². The second-order valence-electron chi connectivity index (χ2n) is 6.38. The Labute approximate surface area is 132 Å². The van der Waals surface area contributed by atoms with Crippen LogP contribution in [0.25, 0.3) is 0 Å². The summed E-state index contributed by atoms with van der Waals surface area (Å²) in [6, 6.07) is 8.21. The lowest BCUT2D eigenvalue weighted by Crippen LogP contribution is -2.36. The topological polar surface area (TPSA) is 60.0 Å². The Morgan fingerprint density at radius 3 is 2.91 bits per heavy atom. The Hall–Kier alpha value is -1.88. The molecule has 1 aliphatic heterocycles. The summed E-state index contributed by atoms with van der Waals surface area (Å²) in [4.78, 5) is 6.93. The van der Waals surface area contributed by atoms with E-state index in [1.807, 2.05) is 26.0 Å². The van der Waals surface area contributed by atoms with Gasteiger partial charge in [0.15, 0.2) is 0 Å². The standard InChI is InChI=1S/C17H25N5/c1-13-19-14(2)22(20-13)12-16-6-4-8-21(11-16)10-15-5-3-7-17(18)9-15/h3,5,7,9,16H,4,6,8,10-12,18H2,1-2H3. The first-order valence-corrected chi connectivity index (χ1v) is 8.05. The first-order chi connectivity index (χ1) is 10.6. The van der Waals surface area contributed by atoms with Gasteiger partial charge < -0.3 is 5.73 Å². The molecule has 1 aromatic carbocycles. The number of benzene rings is 1. The minimum absolute atomic E-state index is 0.648. The molecule has 0 bridgehead atoms. The lowest BCUT2D eigenvalue weighted by Gasteiger charge is -2.32. The van der Waals surface area contributed by atoms with Crippen LogP contribution in [0.3, 0.4) is 0 Å². The predicted molar refractivity (Wildman–Crippen MR) is 88.4 cm³/mol. The maximum atomic E-state index is 5.88. The van der Waals surface area contributed by atoms with Gasteiger partial charge in [0.2, 0.25) is 0 Å². The van der Waals surface area contributed by atoms with E-state index in [-0.39, 0.29) is 0 Å². The molecule has 1 aliphatic rings. The zero-order chi connectivity index (χ0) is 15.5. The zero-order valence-electron chi connectivity index (χ0n) is 13.5. The van der Waals surface area contributed by atoms with Crippen molar-refractivity contribution in [1.29, 1.82) is 0 Å². The molecule has 0 saturated carbocycles. The van der Waals surface area contributed by atoms with Crippen molar-refractivity contribution in [2.24, 2.45) is 5.92 Å². The minimum atomic E-state index is 0.648. The summed E-state index contributed by atoms with van der Waals surface area (Å²) in [5.74, 6) is 2.53. The molecule has 22 heavy (non-hydrogen) atoms. The summed E-state index contributed by atoms with van der Waals surface area (Å²) in [5.41, 5.74) is 8.02. The van der Waals surface area contributed by atoms with Crippen molar-refractivity contribution in [2.45, 2.75) is 39.8 Å². The Morgan fingerprint density at radius 1 is 1.32 bits per heavy atom. The molecular formula is C17H25N5. The van der Waals surface area contributed by atoms with E-state index in [2.05, 4.69) is 31.8 Å². The maximum Gasteiger partial charge on any atom is 0.147 e. The molecule has 1 saturated heterocycles. The molecule has 0 spiro atoms. The Balaban J connectivity index is 1.60. The molecule has 118 valence electrons. The lowest BCUT2D eigenvalue weighted by atomic mass is 9.97. The number of hydrogen-bond acceptors (Lipinski definition) is 4. The van der Waals surface area contributed by atoms with E-state index in [9.17, 15) is 0 Å². The molecule has 0 aliphatic carbocycles. The number of aromatic nitrogens is 3. The quantitative estimate of drug-likeness (QED) is 0.881. The largest absolute Gasteiger partial charge is 0.399 e. The molecule has 1 unspecified atom stereocenters. The predicted octanol–water partition coefficient (Wildman–Crippen LogP) is 2.39. The van der Waals surface area contributed by atoms with E-state index in [1.165, 1.54) is 24.9 Å². The molecule has 3 rings (SSSR count). The number of anilines is 1. The monoisotopic (exact) mass is 299 g/mol. The lowest BCUT2D eigenvalue weighted by molar-refractivity contribution is 0.152. The highest BCUT2D eigenvalue weighted by Crippen LogP contribution is 2.21. The van der Waals surface area contributed by atoms with Gasteiger partial charge >= 0.3 is 0 Å². The smallest absolute Gasteiger partial charge is 0.147 e. The Kier molecular flexibility index (Phi) is 4.43. The van der Waals surface area contributed by atoms with Crippen molar-refractivity contribution in [3.63, 3.8) is 0 Å². The number of rotatable bonds is 4. The third-order valence-corrected chi connectivity index (χ3v) is 4.35. The van der Waals surface area contributed by atoms with Gasteiger partial charge in [-0.25, -0.2) is 9.67 Å². The fourth-order valence-corrected chi connectivity index (χ4v) is 3.37. The summed E-state index contributed by atoms with van der Waals surface area (Å²) >= 11 is 0. The molecular weight excluding hydrogens is 274 g/mol. The highest BCUT2D eigenvalue weighted by molar-refractivity contribution is 5.40. The summed E-state index contributed by atoms with van der Waals surface area (Å²) in [6.45, 7) is 8.23. The average Bonchev–Trinajstić information content (AvgIpc) is 2.77. The second-order valence-corrected chi connectivity index (χ2v) is 6.38. The van der Waals surface area contributed by atoms with E-state index in [0.717, 1.165) is 37.0 Å². The van der Waals surface area contributed by atoms with Crippen LogP contribution in [0.4, 0.5) is 5.69 Å². The van der Waals surface area contributed by atoms with Gasteiger partial charge in [-0.2, -0.15) is 5.10 Å². The average molecular weight is 299 g/mol. The van der Waals surface area contributed by atoms with Gasteiger partial charge in [0.25, 0.3) is 0 Å². The molecule has 5 nitrogen and oxygen atoms in total. The van der Waals surface area contributed by atoms with Crippen LogP contribution in [0.15, 0.2) is 24.3 Å². The van der Waals surface area contributed by atoms with E-state index in [4.69, 9.17) is 5.73 Å². The summed E-state index contributed by atoms with van der Waals surface area (Å²) in [5, 5.41) is 4.50. The summed E-state index contributed by atoms with van der Waals surface area (Å²) in [7, 11) is 0. The molecule has 0 amide bonds. The SMILES string of the molecule is Cc1nc(C)n(CC2CCCN(Cc3cccc(N)c3)C2)n1. The molecule has 2 aromatic rings. The first-order valence-electron chi connectivity index (χ1n) is 8.05. The van der Waals surface area contributed by atoms with Gasteiger partial charge in [0.1, 0.15) is 11.6 Å². The fourth-order valence-electron chi connectivity index (χ4n) is 3.37. The van der Waals surface area contributed by atoms with Gasteiger partial charge in [-0.1, -0.05) is 12.1 Å². The second kappa shape index (κ2) is 6.48. The number of likely N-dealkylation sites (tertiary alicyclic amines) is 1. The van der Waals surface area contributed by atoms with Gasteiger partial charge in [-0.3, -0.25) is 4.90 Å². The Bertz CT molecular complexity index is 634. The normalized spacial score (nSPS) is 19.5. The van der Waals surface area contributed by atoms with Gasteiger partial charge in [0, 0.05) is 25.3 Å². The van der Waals surface area contributed by atoms with E-state index < -0.39 is 0 Å². The molecule has 2 N–H and O–H groups in total. The first kappa shape index (κ1) is 15.0. The van der Waals surface area contributed by atoms with Crippen molar-refractivity contribution < 1.29 is 0 Å². The molecule has 1 atom stereocenters. The zero-order valence-corrected chi connectivity index (χ0v) is 13.5. The van der Waals surface area contributed by atoms with Crippen LogP contribution in [-0.4, -0.2) is 32.8 Å². The van der Waals surface area contributed by atoms with Gasteiger partial charge in [-0.05, 0) is 56.8 Å². The van der Waals surface area contributed by atoms with Gasteiger partial charge in [-0.15, -0.1) is 0 Å². The van der Waals surface area contributed by atoms with Crippen molar-refractivity contribution >= 4 is 5.69 Å². The summed E-state index contributed by atoms with van der Waals surface area (Å²) in [6.07, 6.45) is 2.52. The number of aryl methyl sites for hydroxylation is 2. The number of nitrogens with zero attached hydrogens (tertiary/aromatic N) is 4.